The average Bonchev–Trinajstić information content (AvgIpc) is 2.43. The number of rotatable bonds is 3. The highest BCUT2D eigenvalue weighted by Crippen LogP contribution is 2.21. The van der Waals surface area contributed by atoms with Crippen molar-refractivity contribution in [3.05, 3.63) is 42.0 Å². The zero-order chi connectivity index (χ0) is 13.0. The fraction of sp³-hybridized carbons (Fsp3) is 0.143. The zero-order valence-corrected chi connectivity index (χ0v) is 10.3. The van der Waals surface area contributed by atoms with Crippen LogP contribution < -0.4 is 5.32 Å². The molecule has 0 radical (unpaired) electrons. The van der Waals surface area contributed by atoms with Crippen molar-refractivity contribution in [2.45, 2.75) is 0 Å². The number of anilines is 1. The molecule has 4 nitrogen and oxygen atoms in total. The summed E-state index contributed by atoms with van der Waals surface area (Å²) in [5.74, 6) is 0.346. The molecule has 18 heavy (non-hydrogen) atoms. The number of ether oxygens (including phenoxy) is 1. The van der Waals surface area contributed by atoms with Crippen LogP contribution in [0.15, 0.2) is 36.4 Å². The van der Waals surface area contributed by atoms with Gasteiger partial charge in [0.25, 0.3) is 0 Å². The highest BCUT2D eigenvalue weighted by atomic mass is 16.5. The molecule has 2 aromatic rings. The Morgan fingerprint density at radius 1 is 1.39 bits per heavy atom. The summed E-state index contributed by atoms with van der Waals surface area (Å²) in [6.07, 6.45) is 3.07. The number of pyridine rings is 1. The zero-order valence-electron chi connectivity index (χ0n) is 10.3. The third-order valence-corrected chi connectivity index (χ3v) is 2.59. The minimum Gasteiger partial charge on any atom is -0.466 e. The minimum absolute atomic E-state index is 0.384. The van der Waals surface area contributed by atoms with Crippen LogP contribution in [-0.2, 0) is 9.53 Å². The first-order valence-corrected chi connectivity index (χ1v) is 5.58. The molecule has 2 rings (SSSR count). The summed E-state index contributed by atoms with van der Waals surface area (Å²) >= 11 is 0. The maximum atomic E-state index is 11.1. The van der Waals surface area contributed by atoms with Gasteiger partial charge in [0.1, 0.15) is 5.82 Å². The SMILES string of the molecule is CNc1nc2ccccc2cc1/C=C/C(=O)OC. The van der Waals surface area contributed by atoms with Crippen molar-refractivity contribution >= 4 is 28.8 Å². The molecule has 0 atom stereocenters. The van der Waals surface area contributed by atoms with E-state index in [0.717, 1.165) is 22.3 Å². The Morgan fingerprint density at radius 2 is 2.17 bits per heavy atom. The molecule has 0 saturated heterocycles. The second-order valence-corrected chi connectivity index (χ2v) is 3.73. The summed E-state index contributed by atoms with van der Waals surface area (Å²) in [7, 11) is 3.15. The first-order chi connectivity index (χ1) is 8.74. The van der Waals surface area contributed by atoms with Gasteiger partial charge in [-0.15, -0.1) is 0 Å². The molecule has 0 unspecified atom stereocenters. The highest BCUT2D eigenvalue weighted by molar-refractivity contribution is 5.90. The van der Waals surface area contributed by atoms with Crippen LogP contribution in [0.1, 0.15) is 5.56 Å². The molecule has 1 N–H and O–H groups in total. The summed E-state index contributed by atoms with van der Waals surface area (Å²) in [6, 6.07) is 9.81. The van der Waals surface area contributed by atoms with Crippen LogP contribution >= 0.6 is 0 Å². The Bertz CT molecular complexity index is 606. The number of esters is 1. The molecule has 0 aliphatic heterocycles. The van der Waals surface area contributed by atoms with E-state index in [9.17, 15) is 4.79 Å². The van der Waals surface area contributed by atoms with Crippen LogP contribution in [0.5, 0.6) is 0 Å². The van der Waals surface area contributed by atoms with Crippen LogP contribution in [0.2, 0.25) is 0 Å². The topological polar surface area (TPSA) is 51.2 Å². The molecule has 0 bridgehead atoms. The van der Waals surface area contributed by atoms with E-state index in [-0.39, 0.29) is 5.97 Å². The number of hydrogen-bond acceptors (Lipinski definition) is 4. The number of nitrogens with zero attached hydrogens (tertiary/aromatic N) is 1. The van der Waals surface area contributed by atoms with Gasteiger partial charge in [-0.3, -0.25) is 0 Å². The van der Waals surface area contributed by atoms with E-state index in [1.54, 1.807) is 13.1 Å². The second-order valence-electron chi connectivity index (χ2n) is 3.73. The Labute approximate surface area is 105 Å². The molecule has 1 heterocycles. The van der Waals surface area contributed by atoms with Gasteiger partial charge in [0, 0.05) is 24.1 Å². The number of nitrogens with one attached hydrogen (secondary N) is 1. The van der Waals surface area contributed by atoms with Gasteiger partial charge in [0.15, 0.2) is 0 Å². The lowest BCUT2D eigenvalue weighted by Crippen LogP contribution is -1.97. The predicted octanol–water partition coefficient (Wildman–Crippen LogP) is 2.46. The first-order valence-electron chi connectivity index (χ1n) is 5.58. The van der Waals surface area contributed by atoms with Crippen molar-refractivity contribution < 1.29 is 9.53 Å². The van der Waals surface area contributed by atoms with Gasteiger partial charge in [-0.05, 0) is 18.2 Å². The van der Waals surface area contributed by atoms with Crippen LogP contribution in [0.4, 0.5) is 5.82 Å². The predicted molar refractivity (Wildman–Crippen MR) is 72.3 cm³/mol. The monoisotopic (exact) mass is 242 g/mol. The Kier molecular flexibility index (Phi) is 3.57. The van der Waals surface area contributed by atoms with Crippen molar-refractivity contribution in [2.75, 3.05) is 19.5 Å². The number of aromatic nitrogens is 1. The third-order valence-electron chi connectivity index (χ3n) is 2.59. The van der Waals surface area contributed by atoms with Gasteiger partial charge in [-0.2, -0.15) is 0 Å². The quantitative estimate of drug-likeness (QED) is 0.663. The van der Waals surface area contributed by atoms with E-state index in [0.29, 0.717) is 0 Å². The van der Waals surface area contributed by atoms with Crippen LogP contribution in [-0.4, -0.2) is 25.1 Å². The molecular weight excluding hydrogens is 228 g/mol. The van der Waals surface area contributed by atoms with Crippen molar-refractivity contribution in [1.82, 2.24) is 4.98 Å². The van der Waals surface area contributed by atoms with Gasteiger partial charge in [-0.1, -0.05) is 18.2 Å². The molecule has 0 fully saturated rings. The standard InChI is InChI=1S/C14H14N2O2/c1-15-14-11(7-8-13(17)18-2)9-10-5-3-4-6-12(10)16-14/h3-9H,1-2H3,(H,15,16)/b8-7+. The van der Waals surface area contributed by atoms with Crippen LogP contribution in [0, 0.1) is 0 Å². The molecule has 1 aromatic heterocycles. The Morgan fingerprint density at radius 3 is 2.89 bits per heavy atom. The van der Waals surface area contributed by atoms with Gasteiger partial charge < -0.3 is 10.1 Å². The third kappa shape index (κ3) is 2.48. The first kappa shape index (κ1) is 12.1. The largest absolute Gasteiger partial charge is 0.466 e. The molecule has 0 aliphatic carbocycles. The van der Waals surface area contributed by atoms with E-state index >= 15 is 0 Å². The molecule has 0 spiro atoms. The highest BCUT2D eigenvalue weighted by Gasteiger charge is 2.03. The summed E-state index contributed by atoms with van der Waals surface area (Å²) < 4.78 is 4.57. The smallest absolute Gasteiger partial charge is 0.330 e. The number of carbonyl (C=O) groups is 1. The van der Waals surface area contributed by atoms with E-state index < -0.39 is 0 Å². The molecular formula is C14H14N2O2. The summed E-state index contributed by atoms with van der Waals surface area (Å²) in [5.41, 5.74) is 1.76. The van der Waals surface area contributed by atoms with Gasteiger partial charge in [0.05, 0.1) is 12.6 Å². The fourth-order valence-electron chi connectivity index (χ4n) is 1.69. The number of para-hydroxylation sites is 1. The summed E-state index contributed by atoms with van der Waals surface area (Å²) in [5, 5.41) is 4.04. The molecule has 92 valence electrons. The van der Waals surface area contributed by atoms with Gasteiger partial charge >= 0.3 is 5.97 Å². The molecule has 0 saturated carbocycles. The van der Waals surface area contributed by atoms with Crippen molar-refractivity contribution in [3.63, 3.8) is 0 Å². The normalized spacial score (nSPS) is 10.8. The number of fused-ring (bicyclic) bond motifs is 1. The molecule has 4 heteroatoms. The Balaban J connectivity index is 2.48. The minimum atomic E-state index is -0.384. The number of benzene rings is 1. The van der Waals surface area contributed by atoms with E-state index in [4.69, 9.17) is 0 Å². The maximum Gasteiger partial charge on any atom is 0.330 e. The lowest BCUT2D eigenvalue weighted by atomic mass is 10.1. The fourth-order valence-corrected chi connectivity index (χ4v) is 1.69. The molecule has 1 aromatic carbocycles. The van der Waals surface area contributed by atoms with E-state index in [1.807, 2.05) is 30.3 Å². The second kappa shape index (κ2) is 5.31. The van der Waals surface area contributed by atoms with Crippen molar-refractivity contribution in [2.24, 2.45) is 0 Å². The Hall–Kier alpha value is -2.36. The number of carbonyl (C=O) groups excluding carboxylic acids is 1. The van der Waals surface area contributed by atoms with E-state index in [2.05, 4.69) is 15.0 Å². The summed E-state index contributed by atoms with van der Waals surface area (Å²) in [4.78, 5) is 15.6. The van der Waals surface area contributed by atoms with Crippen molar-refractivity contribution in [3.8, 4) is 0 Å². The number of hydrogen-bond donors (Lipinski definition) is 1. The lowest BCUT2D eigenvalue weighted by molar-refractivity contribution is -0.134. The van der Waals surface area contributed by atoms with Crippen LogP contribution in [0.25, 0.3) is 17.0 Å². The summed E-state index contributed by atoms with van der Waals surface area (Å²) in [6.45, 7) is 0. The number of methoxy groups -OCH3 is 1. The van der Waals surface area contributed by atoms with Crippen molar-refractivity contribution in [1.29, 1.82) is 0 Å². The average molecular weight is 242 g/mol. The maximum absolute atomic E-state index is 11.1. The molecule has 0 amide bonds. The van der Waals surface area contributed by atoms with Gasteiger partial charge in [-0.25, -0.2) is 9.78 Å². The molecule has 0 aliphatic rings. The van der Waals surface area contributed by atoms with Gasteiger partial charge in [0.2, 0.25) is 0 Å². The lowest BCUT2D eigenvalue weighted by Gasteiger charge is -2.06. The van der Waals surface area contributed by atoms with E-state index in [1.165, 1.54) is 13.2 Å². The van der Waals surface area contributed by atoms with Crippen LogP contribution in [0.3, 0.4) is 0 Å².